The Morgan fingerprint density at radius 1 is 1.24 bits per heavy atom. The summed E-state index contributed by atoms with van der Waals surface area (Å²) in [6.45, 7) is 5.86. The summed E-state index contributed by atoms with van der Waals surface area (Å²) < 4.78 is 0. The molecule has 1 aromatic rings. The molecule has 17 heavy (non-hydrogen) atoms. The zero-order valence-corrected chi connectivity index (χ0v) is 11.3. The van der Waals surface area contributed by atoms with Gasteiger partial charge in [0.05, 0.1) is 6.04 Å². The molecular formula is C13H19ClN2O. The van der Waals surface area contributed by atoms with Gasteiger partial charge in [0, 0.05) is 25.7 Å². The topological polar surface area (TPSA) is 32.3 Å². The highest BCUT2D eigenvalue weighted by Gasteiger charge is 2.25. The lowest BCUT2D eigenvalue weighted by molar-refractivity contribution is 0.0681. The molecule has 0 radical (unpaired) electrons. The van der Waals surface area contributed by atoms with Crippen molar-refractivity contribution in [2.24, 2.45) is 0 Å². The Morgan fingerprint density at radius 3 is 2.18 bits per heavy atom. The van der Waals surface area contributed by atoms with Crippen LogP contribution in [0.1, 0.15) is 21.5 Å². The second-order valence-electron chi connectivity index (χ2n) is 4.60. The van der Waals surface area contributed by atoms with Crippen LogP contribution in [0, 0.1) is 13.8 Å². The van der Waals surface area contributed by atoms with Gasteiger partial charge in [-0.3, -0.25) is 4.79 Å². The SMILES string of the molecule is Cc1cc(C)cc(C(=O)N(C)C2CNC2)c1.Cl. The molecule has 1 amide bonds. The zero-order valence-electron chi connectivity index (χ0n) is 10.5. The lowest BCUT2D eigenvalue weighted by atomic mass is 10.0. The molecule has 0 spiro atoms. The maximum atomic E-state index is 12.2. The van der Waals surface area contributed by atoms with Gasteiger partial charge in [0.1, 0.15) is 0 Å². The van der Waals surface area contributed by atoms with Gasteiger partial charge in [-0.05, 0) is 26.0 Å². The van der Waals surface area contributed by atoms with Crippen LogP contribution in [0.25, 0.3) is 0 Å². The van der Waals surface area contributed by atoms with Gasteiger partial charge in [0.2, 0.25) is 0 Å². The van der Waals surface area contributed by atoms with Crippen LogP contribution < -0.4 is 5.32 Å². The number of amides is 1. The summed E-state index contributed by atoms with van der Waals surface area (Å²) in [5.74, 6) is 0.123. The van der Waals surface area contributed by atoms with Crippen LogP contribution in [0.4, 0.5) is 0 Å². The molecule has 1 saturated heterocycles. The maximum absolute atomic E-state index is 12.2. The van der Waals surface area contributed by atoms with Gasteiger partial charge in [-0.15, -0.1) is 12.4 Å². The van der Waals surface area contributed by atoms with Gasteiger partial charge < -0.3 is 10.2 Å². The van der Waals surface area contributed by atoms with E-state index in [1.807, 2.05) is 37.9 Å². The van der Waals surface area contributed by atoms with E-state index in [0.717, 1.165) is 29.8 Å². The minimum atomic E-state index is 0. The number of carbonyl (C=O) groups excluding carboxylic acids is 1. The predicted molar refractivity (Wildman–Crippen MR) is 71.9 cm³/mol. The van der Waals surface area contributed by atoms with Gasteiger partial charge in [0.25, 0.3) is 5.91 Å². The second-order valence-corrected chi connectivity index (χ2v) is 4.60. The molecule has 0 aromatic heterocycles. The number of likely N-dealkylation sites (N-methyl/N-ethyl adjacent to an activating group) is 1. The molecule has 1 aromatic carbocycles. The quantitative estimate of drug-likeness (QED) is 0.873. The zero-order chi connectivity index (χ0) is 11.7. The summed E-state index contributed by atoms with van der Waals surface area (Å²) in [5, 5.41) is 3.18. The molecule has 3 nitrogen and oxygen atoms in total. The highest BCUT2D eigenvalue weighted by molar-refractivity contribution is 5.94. The molecule has 0 saturated carbocycles. The fourth-order valence-corrected chi connectivity index (χ4v) is 2.01. The van der Waals surface area contributed by atoms with Crippen LogP contribution in [-0.4, -0.2) is 37.0 Å². The van der Waals surface area contributed by atoms with Gasteiger partial charge in [-0.25, -0.2) is 0 Å². The van der Waals surface area contributed by atoms with E-state index >= 15 is 0 Å². The molecule has 0 unspecified atom stereocenters. The Kier molecular flexibility index (Phi) is 4.54. The van der Waals surface area contributed by atoms with E-state index in [1.165, 1.54) is 0 Å². The molecule has 4 heteroatoms. The van der Waals surface area contributed by atoms with E-state index in [2.05, 4.69) is 11.4 Å². The van der Waals surface area contributed by atoms with E-state index in [1.54, 1.807) is 0 Å². The van der Waals surface area contributed by atoms with Crippen LogP contribution in [0.2, 0.25) is 0 Å². The van der Waals surface area contributed by atoms with Crippen molar-refractivity contribution in [1.82, 2.24) is 10.2 Å². The van der Waals surface area contributed by atoms with Crippen molar-refractivity contribution in [3.8, 4) is 0 Å². The summed E-state index contributed by atoms with van der Waals surface area (Å²) >= 11 is 0. The van der Waals surface area contributed by atoms with E-state index in [9.17, 15) is 4.79 Å². The summed E-state index contributed by atoms with van der Waals surface area (Å²) in [4.78, 5) is 14.0. The normalized spacial score (nSPS) is 14.8. The number of aryl methyl sites for hydroxylation is 2. The van der Waals surface area contributed by atoms with Crippen LogP contribution in [0.5, 0.6) is 0 Å². The lowest BCUT2D eigenvalue weighted by Gasteiger charge is -2.35. The third kappa shape index (κ3) is 2.99. The summed E-state index contributed by atoms with van der Waals surface area (Å²) in [5.41, 5.74) is 3.08. The van der Waals surface area contributed by atoms with Crippen molar-refractivity contribution >= 4 is 18.3 Å². The van der Waals surface area contributed by atoms with Crippen LogP contribution in [0.15, 0.2) is 18.2 Å². The Morgan fingerprint density at radius 2 is 1.76 bits per heavy atom. The minimum Gasteiger partial charge on any atom is -0.336 e. The number of hydrogen-bond acceptors (Lipinski definition) is 2. The molecule has 0 aliphatic carbocycles. The van der Waals surface area contributed by atoms with E-state index in [0.29, 0.717) is 6.04 Å². The standard InChI is InChI=1S/C13H18N2O.ClH/c1-9-4-10(2)6-11(5-9)13(16)15(3)12-7-14-8-12;/h4-6,12,14H,7-8H2,1-3H3;1H. The first kappa shape index (κ1) is 14.0. The van der Waals surface area contributed by atoms with Crippen molar-refractivity contribution in [3.05, 3.63) is 34.9 Å². The Bertz CT molecular complexity index is 396. The van der Waals surface area contributed by atoms with Gasteiger partial charge in [-0.2, -0.15) is 0 Å². The molecule has 2 rings (SSSR count). The molecule has 94 valence electrons. The van der Waals surface area contributed by atoms with Gasteiger partial charge in [0.15, 0.2) is 0 Å². The van der Waals surface area contributed by atoms with Crippen LogP contribution in [0.3, 0.4) is 0 Å². The van der Waals surface area contributed by atoms with E-state index < -0.39 is 0 Å². The number of benzene rings is 1. The molecule has 1 aliphatic rings. The average Bonchev–Trinajstić information content (AvgIpc) is 2.12. The molecule has 1 heterocycles. The van der Waals surface area contributed by atoms with Crippen molar-refractivity contribution in [2.75, 3.05) is 20.1 Å². The van der Waals surface area contributed by atoms with Gasteiger partial charge >= 0.3 is 0 Å². The first-order valence-corrected chi connectivity index (χ1v) is 5.64. The molecule has 1 N–H and O–H groups in total. The average molecular weight is 255 g/mol. The highest BCUT2D eigenvalue weighted by Crippen LogP contribution is 2.13. The van der Waals surface area contributed by atoms with E-state index in [-0.39, 0.29) is 18.3 Å². The summed E-state index contributed by atoms with van der Waals surface area (Å²) in [7, 11) is 1.88. The number of halogens is 1. The summed E-state index contributed by atoms with van der Waals surface area (Å²) in [6, 6.07) is 6.35. The van der Waals surface area contributed by atoms with Gasteiger partial charge in [-0.1, -0.05) is 17.2 Å². The fourth-order valence-electron chi connectivity index (χ4n) is 2.01. The third-order valence-electron chi connectivity index (χ3n) is 3.10. The van der Waals surface area contributed by atoms with Crippen molar-refractivity contribution in [3.63, 3.8) is 0 Å². The number of rotatable bonds is 2. The number of nitrogens with zero attached hydrogens (tertiary/aromatic N) is 1. The lowest BCUT2D eigenvalue weighted by Crippen LogP contribution is -2.57. The first-order chi connectivity index (χ1) is 7.58. The number of hydrogen-bond donors (Lipinski definition) is 1. The Hall–Kier alpha value is -1.06. The summed E-state index contributed by atoms with van der Waals surface area (Å²) in [6.07, 6.45) is 0. The first-order valence-electron chi connectivity index (χ1n) is 5.64. The maximum Gasteiger partial charge on any atom is 0.253 e. The number of nitrogens with one attached hydrogen (secondary N) is 1. The van der Waals surface area contributed by atoms with Crippen molar-refractivity contribution < 1.29 is 4.79 Å². The Labute approximate surface area is 109 Å². The third-order valence-corrected chi connectivity index (χ3v) is 3.10. The van der Waals surface area contributed by atoms with Crippen molar-refractivity contribution in [1.29, 1.82) is 0 Å². The smallest absolute Gasteiger partial charge is 0.253 e. The Balaban J connectivity index is 0.00000144. The molecule has 1 fully saturated rings. The fraction of sp³-hybridized carbons (Fsp3) is 0.462. The van der Waals surface area contributed by atoms with Crippen molar-refractivity contribution in [2.45, 2.75) is 19.9 Å². The van der Waals surface area contributed by atoms with Crippen LogP contribution in [-0.2, 0) is 0 Å². The molecular weight excluding hydrogens is 236 g/mol. The second kappa shape index (κ2) is 5.52. The monoisotopic (exact) mass is 254 g/mol. The van der Waals surface area contributed by atoms with Crippen LogP contribution >= 0.6 is 12.4 Å². The highest BCUT2D eigenvalue weighted by atomic mass is 35.5. The van der Waals surface area contributed by atoms with E-state index in [4.69, 9.17) is 0 Å². The largest absolute Gasteiger partial charge is 0.336 e. The molecule has 0 atom stereocenters. The minimum absolute atomic E-state index is 0. The predicted octanol–water partition coefficient (Wildman–Crippen LogP) is 1.77. The number of carbonyl (C=O) groups is 1. The molecule has 0 bridgehead atoms. The molecule has 1 aliphatic heterocycles.